The highest BCUT2D eigenvalue weighted by atomic mass is 32.2. The van der Waals surface area contributed by atoms with Crippen LogP contribution in [-0.4, -0.2) is 67.7 Å². The summed E-state index contributed by atoms with van der Waals surface area (Å²) in [6.07, 6.45) is 0. The number of anilines is 2. The summed E-state index contributed by atoms with van der Waals surface area (Å²) in [7, 11) is 0.552. The summed E-state index contributed by atoms with van der Waals surface area (Å²) < 4.78 is 30.5. The van der Waals surface area contributed by atoms with Crippen LogP contribution in [0.25, 0.3) is 0 Å². The number of amides is 2. The lowest BCUT2D eigenvalue weighted by atomic mass is 10.2. The van der Waals surface area contributed by atoms with E-state index >= 15 is 0 Å². The standard InChI is InChI=1S/C21H21N5O6S3/c1-26(2)35(30,31)16-10-6-13(7-11-16)18(28)23-20-24-25-21(34-20)33-12-17(27)22-15-8-4-14(5-9-15)19(29)32-3/h4-11H,12H2,1-3H3,(H,22,27)(H,23,24,28). The van der Waals surface area contributed by atoms with Crippen molar-refractivity contribution in [3.05, 3.63) is 59.7 Å². The van der Waals surface area contributed by atoms with E-state index < -0.39 is 21.9 Å². The van der Waals surface area contributed by atoms with E-state index in [1.165, 1.54) is 45.5 Å². The largest absolute Gasteiger partial charge is 0.465 e. The van der Waals surface area contributed by atoms with Crippen LogP contribution in [0.3, 0.4) is 0 Å². The van der Waals surface area contributed by atoms with Crippen molar-refractivity contribution in [2.45, 2.75) is 9.24 Å². The Morgan fingerprint density at radius 3 is 2.20 bits per heavy atom. The number of sulfonamides is 1. The second-order valence-electron chi connectivity index (χ2n) is 7.04. The number of carbonyl (C=O) groups is 3. The minimum atomic E-state index is -3.59. The Kier molecular flexibility index (Phi) is 8.56. The van der Waals surface area contributed by atoms with Gasteiger partial charge in [-0.15, -0.1) is 10.2 Å². The molecule has 0 radical (unpaired) electrons. The van der Waals surface area contributed by atoms with Crippen LogP contribution in [0.2, 0.25) is 0 Å². The smallest absolute Gasteiger partial charge is 0.337 e. The summed E-state index contributed by atoms with van der Waals surface area (Å²) >= 11 is 2.24. The summed E-state index contributed by atoms with van der Waals surface area (Å²) in [5.41, 5.74) is 1.15. The van der Waals surface area contributed by atoms with Gasteiger partial charge in [0, 0.05) is 25.3 Å². The number of thioether (sulfide) groups is 1. The molecule has 0 unspecified atom stereocenters. The molecular weight excluding hydrogens is 514 g/mol. The molecule has 0 saturated heterocycles. The molecule has 0 saturated carbocycles. The molecule has 11 nitrogen and oxygen atoms in total. The fourth-order valence-electron chi connectivity index (χ4n) is 2.61. The van der Waals surface area contributed by atoms with Gasteiger partial charge >= 0.3 is 5.97 Å². The normalized spacial score (nSPS) is 11.2. The zero-order chi connectivity index (χ0) is 25.6. The maximum absolute atomic E-state index is 12.4. The Balaban J connectivity index is 1.51. The molecule has 14 heteroatoms. The van der Waals surface area contributed by atoms with Gasteiger partial charge in [0.2, 0.25) is 21.1 Å². The molecule has 3 rings (SSSR count). The molecule has 184 valence electrons. The highest BCUT2D eigenvalue weighted by molar-refractivity contribution is 8.01. The van der Waals surface area contributed by atoms with Gasteiger partial charge in [0.15, 0.2) is 4.34 Å². The first-order valence-electron chi connectivity index (χ1n) is 9.88. The monoisotopic (exact) mass is 535 g/mol. The summed E-state index contributed by atoms with van der Waals surface area (Å²) in [6.45, 7) is 0. The lowest BCUT2D eigenvalue weighted by molar-refractivity contribution is -0.113. The summed E-state index contributed by atoms with van der Waals surface area (Å²) in [5.74, 6) is -1.16. The van der Waals surface area contributed by atoms with Crippen LogP contribution in [0, 0.1) is 0 Å². The molecule has 0 aliphatic carbocycles. The number of ether oxygens (including phenoxy) is 1. The quantitative estimate of drug-likeness (QED) is 0.240. The molecule has 2 N–H and O–H groups in total. The average Bonchev–Trinajstić information content (AvgIpc) is 3.30. The van der Waals surface area contributed by atoms with Crippen molar-refractivity contribution in [3.63, 3.8) is 0 Å². The molecule has 0 aliphatic rings. The molecule has 2 amide bonds. The van der Waals surface area contributed by atoms with Crippen molar-refractivity contribution >= 4 is 61.7 Å². The number of benzene rings is 2. The average molecular weight is 536 g/mol. The van der Waals surface area contributed by atoms with Crippen molar-refractivity contribution < 1.29 is 27.5 Å². The lowest BCUT2D eigenvalue weighted by Crippen LogP contribution is -2.22. The third-order valence-corrected chi connectivity index (χ3v) is 8.24. The van der Waals surface area contributed by atoms with Gasteiger partial charge in [-0.1, -0.05) is 23.1 Å². The Morgan fingerprint density at radius 2 is 1.60 bits per heavy atom. The number of esters is 1. The molecule has 0 aliphatic heterocycles. The van der Waals surface area contributed by atoms with Gasteiger partial charge in [0.1, 0.15) is 0 Å². The second kappa shape index (κ2) is 11.4. The van der Waals surface area contributed by atoms with Crippen LogP contribution in [0.5, 0.6) is 0 Å². The summed E-state index contributed by atoms with van der Waals surface area (Å²) in [6, 6.07) is 11.8. The minimum Gasteiger partial charge on any atom is -0.465 e. The molecule has 3 aromatic rings. The van der Waals surface area contributed by atoms with Gasteiger partial charge in [0.05, 0.1) is 23.3 Å². The highest BCUT2D eigenvalue weighted by Crippen LogP contribution is 2.26. The van der Waals surface area contributed by atoms with E-state index in [-0.39, 0.29) is 27.3 Å². The van der Waals surface area contributed by atoms with Crippen LogP contribution in [0.15, 0.2) is 57.8 Å². The van der Waals surface area contributed by atoms with Gasteiger partial charge in [-0.2, -0.15) is 0 Å². The Hall–Kier alpha value is -3.33. The number of hydrogen-bond donors (Lipinski definition) is 2. The van der Waals surface area contributed by atoms with E-state index in [0.717, 1.165) is 27.4 Å². The van der Waals surface area contributed by atoms with Crippen LogP contribution < -0.4 is 10.6 Å². The SMILES string of the molecule is COC(=O)c1ccc(NC(=O)CSc2nnc(NC(=O)c3ccc(S(=O)(=O)N(C)C)cc3)s2)cc1. The number of rotatable bonds is 9. The first-order valence-corrected chi connectivity index (χ1v) is 13.1. The first-order chi connectivity index (χ1) is 16.6. The molecule has 0 atom stereocenters. The van der Waals surface area contributed by atoms with E-state index in [1.807, 2.05) is 0 Å². The maximum atomic E-state index is 12.4. The Bertz CT molecular complexity index is 1320. The number of nitrogens with zero attached hydrogens (tertiary/aromatic N) is 3. The fourth-order valence-corrected chi connectivity index (χ4v) is 5.06. The van der Waals surface area contributed by atoms with Gasteiger partial charge in [0.25, 0.3) is 5.91 Å². The molecule has 0 spiro atoms. The third kappa shape index (κ3) is 6.85. The molecule has 0 fully saturated rings. The maximum Gasteiger partial charge on any atom is 0.337 e. The molecule has 2 aromatic carbocycles. The van der Waals surface area contributed by atoms with E-state index in [9.17, 15) is 22.8 Å². The van der Waals surface area contributed by atoms with Crippen LogP contribution >= 0.6 is 23.1 Å². The first kappa shape index (κ1) is 26.3. The Labute approximate surface area is 209 Å². The van der Waals surface area contributed by atoms with Crippen LogP contribution in [0.4, 0.5) is 10.8 Å². The Morgan fingerprint density at radius 1 is 0.971 bits per heavy atom. The van der Waals surface area contributed by atoms with E-state index in [2.05, 4.69) is 25.6 Å². The molecule has 1 aromatic heterocycles. The van der Waals surface area contributed by atoms with Crippen molar-refractivity contribution in [1.29, 1.82) is 0 Å². The summed E-state index contributed by atoms with van der Waals surface area (Å²) in [4.78, 5) is 36.2. The lowest BCUT2D eigenvalue weighted by Gasteiger charge is -2.11. The molecule has 35 heavy (non-hydrogen) atoms. The van der Waals surface area contributed by atoms with Crippen molar-refractivity contribution in [2.24, 2.45) is 0 Å². The number of nitrogens with one attached hydrogen (secondary N) is 2. The van der Waals surface area contributed by atoms with Crippen molar-refractivity contribution in [3.8, 4) is 0 Å². The minimum absolute atomic E-state index is 0.0587. The topological polar surface area (TPSA) is 148 Å². The summed E-state index contributed by atoms with van der Waals surface area (Å²) in [5, 5.41) is 13.4. The predicted molar refractivity (Wildman–Crippen MR) is 132 cm³/mol. The van der Waals surface area contributed by atoms with Gasteiger partial charge in [-0.05, 0) is 48.5 Å². The van der Waals surface area contributed by atoms with Gasteiger partial charge < -0.3 is 10.1 Å². The van der Waals surface area contributed by atoms with Crippen molar-refractivity contribution in [2.75, 3.05) is 37.6 Å². The number of aromatic nitrogens is 2. The number of hydrogen-bond acceptors (Lipinski definition) is 10. The highest BCUT2D eigenvalue weighted by Gasteiger charge is 2.18. The second-order valence-corrected chi connectivity index (χ2v) is 11.4. The third-order valence-electron chi connectivity index (χ3n) is 4.44. The number of methoxy groups -OCH3 is 1. The van der Waals surface area contributed by atoms with Crippen molar-refractivity contribution in [1.82, 2.24) is 14.5 Å². The number of carbonyl (C=O) groups excluding carboxylic acids is 3. The van der Waals surface area contributed by atoms with E-state index in [0.29, 0.717) is 15.6 Å². The molecule has 1 heterocycles. The zero-order valence-corrected chi connectivity index (χ0v) is 21.3. The van der Waals surface area contributed by atoms with Gasteiger partial charge in [-0.3, -0.25) is 14.9 Å². The van der Waals surface area contributed by atoms with E-state index in [4.69, 9.17) is 0 Å². The molecular formula is C21H21N5O6S3. The molecule has 0 bridgehead atoms. The fraction of sp³-hybridized carbons (Fsp3) is 0.190. The zero-order valence-electron chi connectivity index (χ0n) is 18.8. The van der Waals surface area contributed by atoms with Gasteiger partial charge in [-0.25, -0.2) is 17.5 Å². The van der Waals surface area contributed by atoms with Crippen LogP contribution in [0.1, 0.15) is 20.7 Å². The predicted octanol–water partition coefficient (Wildman–Crippen LogP) is 2.56. The van der Waals surface area contributed by atoms with E-state index in [1.54, 1.807) is 24.3 Å². The van der Waals surface area contributed by atoms with Crippen LogP contribution in [-0.2, 0) is 19.6 Å².